The van der Waals surface area contributed by atoms with Crippen LogP contribution in [0.1, 0.15) is 58.8 Å². The van der Waals surface area contributed by atoms with Crippen LogP contribution in [0.25, 0.3) is 0 Å². The van der Waals surface area contributed by atoms with Gasteiger partial charge in [-0.05, 0) is 39.5 Å². The molecule has 110 valence electrons. The van der Waals surface area contributed by atoms with E-state index >= 15 is 0 Å². The zero-order chi connectivity index (χ0) is 13.3. The summed E-state index contributed by atoms with van der Waals surface area (Å²) in [6, 6.07) is 0.749. The first-order valence-corrected chi connectivity index (χ1v) is 8.32. The Balaban J connectivity index is 1.75. The Kier molecular flexibility index (Phi) is 4.16. The zero-order valence-corrected chi connectivity index (χ0v) is 12.7. The van der Waals surface area contributed by atoms with E-state index in [9.17, 15) is 0 Å². The van der Waals surface area contributed by atoms with E-state index in [1.165, 1.54) is 64.6 Å². The van der Waals surface area contributed by atoms with Gasteiger partial charge < -0.3 is 10.1 Å². The third-order valence-electron chi connectivity index (χ3n) is 5.49. The van der Waals surface area contributed by atoms with Gasteiger partial charge in [0.2, 0.25) is 0 Å². The van der Waals surface area contributed by atoms with Gasteiger partial charge in [0.15, 0.2) is 0 Å². The fourth-order valence-corrected chi connectivity index (χ4v) is 4.73. The number of rotatable bonds is 1. The lowest BCUT2D eigenvalue weighted by Crippen LogP contribution is -2.66. The quantitative estimate of drug-likeness (QED) is 0.789. The molecule has 2 saturated heterocycles. The largest absolute Gasteiger partial charge is 0.375 e. The lowest BCUT2D eigenvalue weighted by molar-refractivity contribution is -0.0990. The van der Waals surface area contributed by atoms with Crippen molar-refractivity contribution in [3.63, 3.8) is 0 Å². The van der Waals surface area contributed by atoms with Gasteiger partial charge in [-0.25, -0.2) is 0 Å². The fraction of sp³-hybridized carbons (Fsp3) is 1.00. The van der Waals surface area contributed by atoms with Gasteiger partial charge in [0.05, 0.1) is 12.2 Å². The van der Waals surface area contributed by atoms with Crippen molar-refractivity contribution in [2.24, 2.45) is 0 Å². The molecule has 1 aliphatic carbocycles. The summed E-state index contributed by atoms with van der Waals surface area (Å²) in [4.78, 5) is 2.89. The molecule has 2 heterocycles. The molecule has 2 unspecified atom stereocenters. The maximum absolute atomic E-state index is 5.94. The Labute approximate surface area is 118 Å². The van der Waals surface area contributed by atoms with E-state index < -0.39 is 0 Å². The second-order valence-corrected chi connectivity index (χ2v) is 7.04. The second-order valence-electron chi connectivity index (χ2n) is 7.04. The highest BCUT2D eigenvalue weighted by Crippen LogP contribution is 2.38. The average Bonchev–Trinajstić information content (AvgIpc) is 2.39. The normalized spacial score (nSPS) is 40.4. The van der Waals surface area contributed by atoms with Gasteiger partial charge in [-0.15, -0.1) is 0 Å². The molecule has 3 heteroatoms. The summed E-state index contributed by atoms with van der Waals surface area (Å²) < 4.78 is 5.94. The molecule has 0 amide bonds. The lowest BCUT2D eigenvalue weighted by atomic mass is 9.77. The number of hydrogen-bond acceptors (Lipinski definition) is 3. The molecule has 2 atom stereocenters. The summed E-state index contributed by atoms with van der Waals surface area (Å²) in [7, 11) is 0. The van der Waals surface area contributed by atoms with Crippen LogP contribution in [0.15, 0.2) is 0 Å². The molecule has 1 spiro atoms. The topological polar surface area (TPSA) is 24.5 Å². The predicted molar refractivity (Wildman–Crippen MR) is 78.4 cm³/mol. The van der Waals surface area contributed by atoms with Gasteiger partial charge in [0, 0.05) is 31.2 Å². The van der Waals surface area contributed by atoms with Crippen molar-refractivity contribution in [3.05, 3.63) is 0 Å². The second kappa shape index (κ2) is 5.71. The molecule has 3 nitrogen and oxygen atoms in total. The van der Waals surface area contributed by atoms with Crippen molar-refractivity contribution in [3.8, 4) is 0 Å². The number of piperazine rings is 1. The third kappa shape index (κ3) is 2.84. The molecule has 3 fully saturated rings. The molecule has 0 aromatic carbocycles. The molecule has 3 aliphatic rings. The molecule has 0 aromatic heterocycles. The Morgan fingerprint density at radius 3 is 2.42 bits per heavy atom. The van der Waals surface area contributed by atoms with E-state index in [4.69, 9.17) is 4.74 Å². The van der Waals surface area contributed by atoms with E-state index in [1.54, 1.807) is 0 Å². The first-order chi connectivity index (χ1) is 9.20. The number of hydrogen-bond donors (Lipinski definition) is 1. The molecule has 0 bridgehead atoms. The summed E-state index contributed by atoms with van der Waals surface area (Å²) in [5.41, 5.74) is 0.470. The van der Waals surface area contributed by atoms with Crippen molar-refractivity contribution in [2.45, 2.75) is 82.6 Å². The zero-order valence-electron chi connectivity index (χ0n) is 12.7. The van der Waals surface area contributed by atoms with Crippen molar-refractivity contribution in [1.82, 2.24) is 10.2 Å². The lowest BCUT2D eigenvalue weighted by Gasteiger charge is -2.54. The predicted octanol–water partition coefficient (Wildman–Crippen LogP) is 2.55. The standard InChI is InChI=1S/C16H30N2O/c1-13-10-15(11-14(2)19-13)18-9-8-17-12-16(18)6-4-3-5-7-16/h13-15,17H,3-12H2,1-2H3. The molecular formula is C16H30N2O. The maximum Gasteiger partial charge on any atom is 0.0565 e. The van der Waals surface area contributed by atoms with Crippen LogP contribution in [0, 0.1) is 0 Å². The van der Waals surface area contributed by atoms with Gasteiger partial charge in [0.1, 0.15) is 0 Å². The van der Waals surface area contributed by atoms with E-state index in [0.29, 0.717) is 17.7 Å². The van der Waals surface area contributed by atoms with Crippen LogP contribution >= 0.6 is 0 Å². The van der Waals surface area contributed by atoms with E-state index in [-0.39, 0.29) is 0 Å². The minimum atomic E-state index is 0.435. The van der Waals surface area contributed by atoms with E-state index in [0.717, 1.165) is 6.04 Å². The summed E-state index contributed by atoms with van der Waals surface area (Å²) in [5.74, 6) is 0. The molecule has 0 aromatic rings. The van der Waals surface area contributed by atoms with Gasteiger partial charge in [0.25, 0.3) is 0 Å². The highest BCUT2D eigenvalue weighted by molar-refractivity contribution is 5.01. The molecule has 2 aliphatic heterocycles. The fourth-order valence-electron chi connectivity index (χ4n) is 4.73. The molecule has 1 N–H and O–H groups in total. The van der Waals surface area contributed by atoms with Gasteiger partial charge in [-0.3, -0.25) is 4.90 Å². The smallest absolute Gasteiger partial charge is 0.0565 e. The molecule has 19 heavy (non-hydrogen) atoms. The van der Waals surface area contributed by atoms with Crippen LogP contribution in [0.5, 0.6) is 0 Å². The van der Waals surface area contributed by atoms with Crippen LogP contribution < -0.4 is 5.32 Å². The van der Waals surface area contributed by atoms with Crippen molar-refractivity contribution in [2.75, 3.05) is 19.6 Å². The first kappa shape index (κ1) is 13.8. The minimum absolute atomic E-state index is 0.435. The van der Waals surface area contributed by atoms with Crippen molar-refractivity contribution in [1.29, 1.82) is 0 Å². The molecular weight excluding hydrogens is 236 g/mol. The Morgan fingerprint density at radius 2 is 1.74 bits per heavy atom. The minimum Gasteiger partial charge on any atom is -0.375 e. The number of ether oxygens (including phenoxy) is 1. The Bertz CT molecular complexity index is 283. The average molecular weight is 266 g/mol. The Morgan fingerprint density at radius 1 is 1.05 bits per heavy atom. The highest BCUT2D eigenvalue weighted by Gasteiger charge is 2.44. The Hall–Kier alpha value is -0.120. The maximum atomic E-state index is 5.94. The molecule has 0 radical (unpaired) electrons. The monoisotopic (exact) mass is 266 g/mol. The number of nitrogens with one attached hydrogen (secondary N) is 1. The first-order valence-electron chi connectivity index (χ1n) is 8.32. The molecule has 3 rings (SSSR count). The number of nitrogens with zero attached hydrogens (tertiary/aromatic N) is 1. The van der Waals surface area contributed by atoms with Crippen LogP contribution in [-0.4, -0.2) is 48.3 Å². The summed E-state index contributed by atoms with van der Waals surface area (Å²) in [5, 5.41) is 3.66. The van der Waals surface area contributed by atoms with Gasteiger partial charge in [-0.1, -0.05) is 19.3 Å². The van der Waals surface area contributed by atoms with Crippen LogP contribution in [0.4, 0.5) is 0 Å². The van der Waals surface area contributed by atoms with Crippen LogP contribution in [0.2, 0.25) is 0 Å². The van der Waals surface area contributed by atoms with Crippen LogP contribution in [0.3, 0.4) is 0 Å². The van der Waals surface area contributed by atoms with E-state index in [1.807, 2.05) is 0 Å². The van der Waals surface area contributed by atoms with Crippen LogP contribution in [-0.2, 0) is 4.74 Å². The van der Waals surface area contributed by atoms with E-state index in [2.05, 4.69) is 24.1 Å². The SMILES string of the molecule is CC1CC(N2CCNCC23CCCCC3)CC(C)O1. The van der Waals surface area contributed by atoms with Crippen molar-refractivity contribution < 1.29 is 4.74 Å². The molecule has 1 saturated carbocycles. The van der Waals surface area contributed by atoms with Crippen molar-refractivity contribution >= 4 is 0 Å². The third-order valence-corrected chi connectivity index (χ3v) is 5.49. The summed E-state index contributed by atoms with van der Waals surface area (Å²) in [6.07, 6.45) is 10.4. The van der Waals surface area contributed by atoms with Gasteiger partial charge >= 0.3 is 0 Å². The summed E-state index contributed by atoms with van der Waals surface area (Å²) >= 11 is 0. The summed E-state index contributed by atoms with van der Waals surface area (Å²) in [6.45, 7) is 8.12. The highest BCUT2D eigenvalue weighted by atomic mass is 16.5. The van der Waals surface area contributed by atoms with Gasteiger partial charge in [-0.2, -0.15) is 0 Å².